The normalized spacial score (nSPS) is 11.0. The van der Waals surface area contributed by atoms with Crippen LogP contribution < -0.4 is 10.6 Å². The maximum Gasteiger partial charge on any atom is 0.149 e. The van der Waals surface area contributed by atoms with Gasteiger partial charge in [0.2, 0.25) is 0 Å². The number of hydrogen-bond acceptors (Lipinski definition) is 7. The molecule has 3 heterocycles. The molecule has 3 aromatic rings. The lowest BCUT2D eigenvalue weighted by atomic mass is 10.3. The summed E-state index contributed by atoms with van der Waals surface area (Å²) in [6.45, 7) is 2.94. The molecule has 7 heteroatoms. The number of thiophene rings is 1. The molecule has 3 aromatic heterocycles. The maximum absolute atomic E-state index is 6.05. The van der Waals surface area contributed by atoms with Crippen molar-refractivity contribution in [3.63, 3.8) is 0 Å². The summed E-state index contributed by atoms with van der Waals surface area (Å²) in [4.78, 5) is 8.16. The highest BCUT2D eigenvalue weighted by Crippen LogP contribution is 2.40. The summed E-state index contributed by atoms with van der Waals surface area (Å²) >= 11 is 4.86. The second kappa shape index (κ2) is 6.13. The lowest BCUT2D eigenvalue weighted by molar-refractivity contribution is 0.897. The quantitative estimate of drug-likeness (QED) is 0.768. The molecule has 0 bridgehead atoms. The number of nitrogens with zero attached hydrogens (tertiary/aromatic N) is 3. The Bertz CT molecular complexity index is 714. The molecule has 0 unspecified atom stereocenters. The van der Waals surface area contributed by atoms with Crippen molar-refractivity contribution in [3.8, 4) is 10.6 Å². The maximum atomic E-state index is 6.05. The number of nitrogens with two attached hydrogens (primary N) is 1. The number of likely N-dealkylation sites (N-methyl/N-ethyl adjacent to an activating group) is 1. The molecule has 0 aliphatic heterocycles. The lowest BCUT2D eigenvalue weighted by Gasteiger charge is -2.17. The topological polar surface area (TPSA) is 55.0 Å². The average molecular weight is 337 g/mol. The fraction of sp³-hybridized carbons (Fsp3) is 0.286. The summed E-state index contributed by atoms with van der Waals surface area (Å²) in [6, 6.07) is 4.26. The Morgan fingerprint density at radius 3 is 2.86 bits per heavy atom. The zero-order chi connectivity index (χ0) is 14.8. The molecule has 0 fully saturated rings. The third-order valence-corrected chi connectivity index (χ3v) is 6.04. The van der Waals surface area contributed by atoms with Crippen LogP contribution in [-0.2, 0) is 6.42 Å². The molecule has 3 rings (SSSR count). The lowest BCUT2D eigenvalue weighted by Crippen LogP contribution is -2.19. The van der Waals surface area contributed by atoms with Crippen LogP contribution in [0.25, 0.3) is 10.6 Å². The van der Waals surface area contributed by atoms with Gasteiger partial charge in [0.15, 0.2) is 0 Å². The monoisotopic (exact) mass is 336 g/mol. The Labute approximate surface area is 136 Å². The van der Waals surface area contributed by atoms with Crippen LogP contribution in [0.2, 0.25) is 0 Å². The van der Waals surface area contributed by atoms with Crippen molar-refractivity contribution in [1.29, 1.82) is 0 Å². The van der Waals surface area contributed by atoms with E-state index in [9.17, 15) is 0 Å². The van der Waals surface area contributed by atoms with E-state index < -0.39 is 0 Å². The Morgan fingerprint density at radius 2 is 2.19 bits per heavy atom. The van der Waals surface area contributed by atoms with E-state index in [4.69, 9.17) is 5.73 Å². The second-order valence-electron chi connectivity index (χ2n) is 4.79. The molecule has 0 amide bonds. The minimum atomic E-state index is 0.576. The van der Waals surface area contributed by atoms with Gasteiger partial charge in [-0.25, -0.2) is 4.98 Å². The van der Waals surface area contributed by atoms with Gasteiger partial charge in [0.25, 0.3) is 0 Å². The summed E-state index contributed by atoms with van der Waals surface area (Å²) in [5.74, 6) is 0.576. The Kier molecular flexibility index (Phi) is 4.23. The van der Waals surface area contributed by atoms with Gasteiger partial charge in [-0.05, 0) is 36.3 Å². The van der Waals surface area contributed by atoms with Crippen molar-refractivity contribution in [2.45, 2.75) is 13.3 Å². The van der Waals surface area contributed by atoms with Gasteiger partial charge in [-0.2, -0.15) is 4.37 Å². The molecule has 0 saturated carbocycles. The highest BCUT2D eigenvalue weighted by Gasteiger charge is 2.19. The summed E-state index contributed by atoms with van der Waals surface area (Å²) in [5.41, 5.74) is 8.05. The number of rotatable bonds is 5. The van der Waals surface area contributed by atoms with Gasteiger partial charge < -0.3 is 10.6 Å². The smallest absolute Gasteiger partial charge is 0.149 e. The van der Waals surface area contributed by atoms with E-state index in [-0.39, 0.29) is 0 Å². The Morgan fingerprint density at radius 1 is 1.33 bits per heavy atom. The molecular formula is C14H16N4S3. The van der Waals surface area contributed by atoms with Crippen LogP contribution >= 0.6 is 34.2 Å². The van der Waals surface area contributed by atoms with Gasteiger partial charge in [-0.3, -0.25) is 0 Å². The van der Waals surface area contributed by atoms with E-state index in [1.54, 1.807) is 22.7 Å². The number of anilines is 2. The predicted octanol–water partition coefficient (Wildman–Crippen LogP) is 3.90. The van der Waals surface area contributed by atoms with Gasteiger partial charge in [0, 0.05) is 29.5 Å². The largest absolute Gasteiger partial charge is 0.382 e. The fourth-order valence-electron chi connectivity index (χ4n) is 2.06. The van der Waals surface area contributed by atoms with Crippen LogP contribution in [-0.4, -0.2) is 22.9 Å². The summed E-state index contributed by atoms with van der Waals surface area (Å²) in [6.07, 6.45) is 1.03. The van der Waals surface area contributed by atoms with Crippen molar-refractivity contribution >= 4 is 45.0 Å². The van der Waals surface area contributed by atoms with Gasteiger partial charge in [-0.1, -0.05) is 6.07 Å². The molecular weight excluding hydrogens is 320 g/mol. The molecule has 0 aromatic carbocycles. The molecule has 110 valence electrons. The van der Waals surface area contributed by atoms with E-state index in [1.807, 2.05) is 12.3 Å². The number of nitrogen functional groups attached to an aromatic ring is 1. The first-order valence-corrected chi connectivity index (χ1v) is 9.09. The first-order valence-electron chi connectivity index (χ1n) is 6.56. The SMILES string of the molecule is Cc1csc(-c2c(N)nsc2N(C)CCc2cccs2)n1. The zero-order valence-electron chi connectivity index (χ0n) is 11.9. The first kappa shape index (κ1) is 14.5. The third-order valence-electron chi connectivity index (χ3n) is 3.15. The van der Waals surface area contributed by atoms with E-state index in [1.165, 1.54) is 16.4 Å². The fourth-order valence-corrected chi connectivity index (χ4v) is 4.47. The summed E-state index contributed by atoms with van der Waals surface area (Å²) in [7, 11) is 2.09. The highest BCUT2D eigenvalue weighted by atomic mass is 32.1. The van der Waals surface area contributed by atoms with Crippen molar-refractivity contribution in [2.75, 3.05) is 24.2 Å². The van der Waals surface area contributed by atoms with Crippen LogP contribution in [0.4, 0.5) is 10.8 Å². The number of thiazole rings is 1. The highest BCUT2D eigenvalue weighted by molar-refractivity contribution is 7.15. The van der Waals surface area contributed by atoms with Crippen LogP contribution in [0.5, 0.6) is 0 Å². The van der Waals surface area contributed by atoms with Crippen LogP contribution in [0.1, 0.15) is 10.6 Å². The van der Waals surface area contributed by atoms with Crippen molar-refractivity contribution < 1.29 is 0 Å². The number of hydrogen-bond donors (Lipinski definition) is 1. The molecule has 0 atom stereocenters. The van der Waals surface area contributed by atoms with E-state index in [0.29, 0.717) is 5.82 Å². The van der Waals surface area contributed by atoms with Crippen molar-refractivity contribution in [3.05, 3.63) is 33.5 Å². The third kappa shape index (κ3) is 3.09. The van der Waals surface area contributed by atoms with Gasteiger partial charge in [-0.15, -0.1) is 22.7 Å². The van der Waals surface area contributed by atoms with E-state index >= 15 is 0 Å². The molecule has 2 N–H and O–H groups in total. The molecule has 0 aliphatic rings. The Balaban J connectivity index is 1.82. The molecule has 0 saturated heterocycles. The zero-order valence-corrected chi connectivity index (χ0v) is 14.3. The molecule has 0 aliphatic carbocycles. The molecule has 21 heavy (non-hydrogen) atoms. The minimum absolute atomic E-state index is 0.576. The van der Waals surface area contributed by atoms with Crippen LogP contribution in [0, 0.1) is 6.92 Å². The minimum Gasteiger partial charge on any atom is -0.382 e. The molecule has 0 radical (unpaired) electrons. The standard InChI is InChI=1S/C14H16N4S3/c1-9-8-20-13(16-9)11-12(15)17-21-14(11)18(2)6-5-10-4-3-7-19-10/h3-4,7-8H,5-6H2,1-2H3,(H2,15,17). The number of aromatic nitrogens is 2. The van der Waals surface area contributed by atoms with Crippen molar-refractivity contribution in [1.82, 2.24) is 9.36 Å². The second-order valence-corrected chi connectivity index (χ2v) is 7.44. The summed E-state index contributed by atoms with van der Waals surface area (Å²) < 4.78 is 4.32. The predicted molar refractivity (Wildman–Crippen MR) is 93.7 cm³/mol. The van der Waals surface area contributed by atoms with E-state index in [2.05, 4.69) is 38.8 Å². The van der Waals surface area contributed by atoms with Gasteiger partial charge in [0.05, 0.1) is 5.56 Å². The Hall–Kier alpha value is -1.44. The van der Waals surface area contributed by atoms with Crippen LogP contribution in [0.3, 0.4) is 0 Å². The first-order chi connectivity index (χ1) is 10.1. The average Bonchev–Trinajstić information content (AvgIpc) is 3.17. The van der Waals surface area contributed by atoms with Crippen LogP contribution in [0.15, 0.2) is 22.9 Å². The van der Waals surface area contributed by atoms with Gasteiger partial charge in [0.1, 0.15) is 15.8 Å². The molecule has 0 spiro atoms. The van der Waals surface area contributed by atoms with E-state index in [0.717, 1.165) is 34.2 Å². The van der Waals surface area contributed by atoms with Crippen molar-refractivity contribution in [2.24, 2.45) is 0 Å². The number of aryl methyl sites for hydroxylation is 1. The summed E-state index contributed by atoms with van der Waals surface area (Å²) in [5, 5.41) is 6.21. The van der Waals surface area contributed by atoms with Gasteiger partial charge >= 0.3 is 0 Å². The molecule has 4 nitrogen and oxygen atoms in total.